The summed E-state index contributed by atoms with van der Waals surface area (Å²) in [4.78, 5) is 20.1. The molecule has 4 nitrogen and oxygen atoms in total. The number of anilines is 1. The molecule has 3 aromatic rings. The molecule has 0 radical (unpaired) electrons. The number of aryl methyl sites for hydroxylation is 1. The normalized spacial score (nSPS) is 10.6. The third-order valence-corrected chi connectivity index (χ3v) is 3.10. The molecule has 0 atom stereocenters. The van der Waals surface area contributed by atoms with E-state index in [1.54, 1.807) is 6.07 Å². The van der Waals surface area contributed by atoms with Gasteiger partial charge in [0.05, 0.1) is 16.8 Å². The molecule has 0 spiro atoms. The van der Waals surface area contributed by atoms with Gasteiger partial charge in [0.1, 0.15) is 0 Å². The average molecular weight is 281 g/mol. The zero-order chi connectivity index (χ0) is 14.8. The van der Waals surface area contributed by atoms with Gasteiger partial charge in [0.25, 0.3) is 5.91 Å². The molecule has 2 heterocycles. The smallest absolute Gasteiger partial charge is 0.260 e. The van der Waals surface area contributed by atoms with E-state index >= 15 is 0 Å². The number of nitrogens with zero attached hydrogens (tertiary/aromatic N) is 2. The van der Waals surface area contributed by atoms with Crippen molar-refractivity contribution in [1.29, 1.82) is 0 Å². The van der Waals surface area contributed by atoms with Gasteiger partial charge in [-0.25, -0.2) is 4.98 Å². The van der Waals surface area contributed by atoms with Crippen LogP contribution in [0.25, 0.3) is 10.9 Å². The summed E-state index contributed by atoms with van der Waals surface area (Å²) in [6.45, 7) is 1.84. The minimum absolute atomic E-state index is 0.0870. The Labute approximate surface area is 120 Å². The standard InChI is InChI=1S/C16H12FN3O/c1-10-9-14(11-5-2-3-7-13(11)19-10)20-16(21)12-6-4-8-18-15(12)17/h2-9H,1H3,(H,19,20,21). The minimum Gasteiger partial charge on any atom is -0.321 e. The first kappa shape index (κ1) is 13.2. The largest absolute Gasteiger partial charge is 0.321 e. The number of fused-ring (bicyclic) bond motifs is 1. The van der Waals surface area contributed by atoms with E-state index in [4.69, 9.17) is 0 Å². The van der Waals surface area contributed by atoms with E-state index in [1.807, 2.05) is 31.2 Å². The first-order valence-electron chi connectivity index (χ1n) is 6.43. The molecule has 21 heavy (non-hydrogen) atoms. The van der Waals surface area contributed by atoms with Gasteiger partial charge < -0.3 is 5.32 Å². The number of hydrogen-bond acceptors (Lipinski definition) is 3. The van der Waals surface area contributed by atoms with Crippen molar-refractivity contribution in [3.8, 4) is 0 Å². The molecule has 3 rings (SSSR count). The van der Waals surface area contributed by atoms with E-state index in [0.29, 0.717) is 5.69 Å². The van der Waals surface area contributed by atoms with Crippen molar-refractivity contribution < 1.29 is 9.18 Å². The number of halogens is 1. The highest BCUT2D eigenvalue weighted by Gasteiger charge is 2.14. The number of hydrogen-bond donors (Lipinski definition) is 1. The van der Waals surface area contributed by atoms with Crippen LogP contribution in [0, 0.1) is 12.9 Å². The first-order valence-corrected chi connectivity index (χ1v) is 6.43. The molecular formula is C16H12FN3O. The fraction of sp³-hybridized carbons (Fsp3) is 0.0625. The molecule has 1 amide bonds. The van der Waals surface area contributed by atoms with Crippen LogP contribution in [0.15, 0.2) is 48.7 Å². The third-order valence-electron chi connectivity index (χ3n) is 3.10. The second kappa shape index (κ2) is 5.28. The van der Waals surface area contributed by atoms with Crippen LogP contribution in [0.1, 0.15) is 16.1 Å². The van der Waals surface area contributed by atoms with Crippen molar-refractivity contribution >= 4 is 22.5 Å². The Morgan fingerprint density at radius 2 is 2.00 bits per heavy atom. The number of aromatic nitrogens is 2. The number of pyridine rings is 2. The highest BCUT2D eigenvalue weighted by Crippen LogP contribution is 2.23. The number of carbonyl (C=O) groups is 1. The van der Waals surface area contributed by atoms with Crippen LogP contribution in [-0.4, -0.2) is 15.9 Å². The van der Waals surface area contributed by atoms with Crippen LogP contribution in [0.5, 0.6) is 0 Å². The molecular weight excluding hydrogens is 269 g/mol. The van der Waals surface area contributed by atoms with Gasteiger partial charge in [-0.05, 0) is 31.2 Å². The monoisotopic (exact) mass is 281 g/mol. The number of nitrogens with one attached hydrogen (secondary N) is 1. The van der Waals surface area contributed by atoms with Crippen molar-refractivity contribution in [3.05, 3.63) is 65.9 Å². The Bertz CT molecular complexity index is 833. The number of benzene rings is 1. The maximum absolute atomic E-state index is 13.6. The quantitative estimate of drug-likeness (QED) is 0.733. The summed E-state index contributed by atoms with van der Waals surface area (Å²) < 4.78 is 13.6. The van der Waals surface area contributed by atoms with Crippen molar-refractivity contribution in [2.24, 2.45) is 0 Å². The second-order valence-electron chi connectivity index (χ2n) is 4.62. The predicted octanol–water partition coefficient (Wildman–Crippen LogP) is 3.33. The van der Waals surface area contributed by atoms with Gasteiger partial charge in [-0.1, -0.05) is 18.2 Å². The van der Waals surface area contributed by atoms with E-state index < -0.39 is 11.9 Å². The molecule has 0 aliphatic carbocycles. The average Bonchev–Trinajstić information content (AvgIpc) is 2.47. The van der Waals surface area contributed by atoms with Gasteiger partial charge in [0.15, 0.2) is 0 Å². The fourth-order valence-corrected chi connectivity index (χ4v) is 2.16. The molecule has 0 aliphatic heterocycles. The highest BCUT2D eigenvalue weighted by molar-refractivity contribution is 6.08. The maximum atomic E-state index is 13.6. The molecule has 5 heteroatoms. The Morgan fingerprint density at radius 1 is 1.19 bits per heavy atom. The molecule has 0 bridgehead atoms. The summed E-state index contributed by atoms with van der Waals surface area (Å²) in [5.74, 6) is -1.32. The fourth-order valence-electron chi connectivity index (χ4n) is 2.16. The van der Waals surface area contributed by atoms with E-state index in [-0.39, 0.29) is 5.56 Å². The Morgan fingerprint density at radius 3 is 2.81 bits per heavy atom. The minimum atomic E-state index is -0.787. The molecule has 0 saturated heterocycles. The molecule has 0 saturated carbocycles. The summed E-state index contributed by atoms with van der Waals surface area (Å²) in [6, 6.07) is 12.1. The van der Waals surface area contributed by atoms with Crippen molar-refractivity contribution in [3.63, 3.8) is 0 Å². The number of rotatable bonds is 2. The lowest BCUT2D eigenvalue weighted by Gasteiger charge is -2.10. The molecule has 1 aromatic carbocycles. The van der Waals surface area contributed by atoms with Crippen LogP contribution < -0.4 is 5.32 Å². The molecule has 1 N–H and O–H groups in total. The van der Waals surface area contributed by atoms with Crippen molar-refractivity contribution in [1.82, 2.24) is 9.97 Å². The summed E-state index contributed by atoms with van der Waals surface area (Å²) in [5, 5.41) is 3.53. The number of amides is 1. The van der Waals surface area contributed by atoms with Gasteiger partial charge in [0, 0.05) is 17.3 Å². The highest BCUT2D eigenvalue weighted by atomic mass is 19.1. The SMILES string of the molecule is Cc1cc(NC(=O)c2cccnc2F)c2ccccc2n1. The molecule has 0 unspecified atom stereocenters. The van der Waals surface area contributed by atoms with Crippen LogP contribution in [0.2, 0.25) is 0 Å². The summed E-state index contributed by atoms with van der Waals surface area (Å²) in [5.41, 5.74) is 2.07. The zero-order valence-corrected chi connectivity index (χ0v) is 11.3. The van der Waals surface area contributed by atoms with Crippen LogP contribution in [0.4, 0.5) is 10.1 Å². The lowest BCUT2D eigenvalue weighted by Crippen LogP contribution is -2.15. The second-order valence-corrected chi connectivity index (χ2v) is 4.62. The van der Waals surface area contributed by atoms with Gasteiger partial charge in [-0.2, -0.15) is 4.39 Å². The van der Waals surface area contributed by atoms with Crippen LogP contribution >= 0.6 is 0 Å². The van der Waals surface area contributed by atoms with E-state index in [2.05, 4.69) is 15.3 Å². The zero-order valence-electron chi connectivity index (χ0n) is 11.3. The predicted molar refractivity (Wildman–Crippen MR) is 78.6 cm³/mol. The van der Waals surface area contributed by atoms with E-state index in [1.165, 1.54) is 18.3 Å². The van der Waals surface area contributed by atoms with Gasteiger partial charge in [-0.3, -0.25) is 9.78 Å². The van der Waals surface area contributed by atoms with E-state index in [9.17, 15) is 9.18 Å². The molecule has 0 fully saturated rings. The first-order chi connectivity index (χ1) is 10.1. The topological polar surface area (TPSA) is 54.9 Å². The van der Waals surface area contributed by atoms with Crippen molar-refractivity contribution in [2.75, 3.05) is 5.32 Å². The van der Waals surface area contributed by atoms with Gasteiger partial charge in [-0.15, -0.1) is 0 Å². The van der Waals surface area contributed by atoms with E-state index in [0.717, 1.165) is 16.6 Å². The number of carbonyl (C=O) groups excluding carboxylic acids is 1. The summed E-state index contributed by atoms with van der Waals surface area (Å²) in [6.07, 6.45) is 1.30. The van der Waals surface area contributed by atoms with Crippen LogP contribution in [-0.2, 0) is 0 Å². The van der Waals surface area contributed by atoms with Crippen LogP contribution in [0.3, 0.4) is 0 Å². The maximum Gasteiger partial charge on any atom is 0.260 e. The lowest BCUT2D eigenvalue weighted by molar-refractivity contribution is 0.102. The number of para-hydroxylation sites is 1. The molecule has 104 valence electrons. The summed E-state index contributed by atoms with van der Waals surface area (Å²) in [7, 11) is 0. The lowest BCUT2D eigenvalue weighted by atomic mass is 10.1. The Hall–Kier alpha value is -2.82. The Balaban J connectivity index is 2.02. The summed E-state index contributed by atoms with van der Waals surface area (Å²) >= 11 is 0. The molecule has 2 aromatic heterocycles. The Kier molecular flexibility index (Phi) is 3.31. The van der Waals surface area contributed by atoms with Gasteiger partial charge in [0.2, 0.25) is 5.95 Å². The van der Waals surface area contributed by atoms with Gasteiger partial charge >= 0.3 is 0 Å². The molecule has 0 aliphatic rings. The third kappa shape index (κ3) is 2.58. The van der Waals surface area contributed by atoms with Crippen molar-refractivity contribution in [2.45, 2.75) is 6.92 Å².